The lowest BCUT2D eigenvalue weighted by Crippen LogP contribution is -2.48. The number of nitrogens with two attached hydrogens (primary N) is 1. The summed E-state index contributed by atoms with van der Waals surface area (Å²) in [6.45, 7) is 3.20. The Morgan fingerprint density at radius 1 is 1.33 bits per heavy atom. The number of nitrogens with zero attached hydrogens (tertiary/aromatic N) is 4. The molecule has 0 radical (unpaired) electrons. The monoisotopic (exact) mass is 381 g/mol. The van der Waals surface area contributed by atoms with Gasteiger partial charge in [-0.25, -0.2) is 0 Å². The summed E-state index contributed by atoms with van der Waals surface area (Å²) >= 11 is 0. The number of anilines is 2. The van der Waals surface area contributed by atoms with Crippen molar-refractivity contribution in [3.8, 4) is 6.07 Å². The van der Waals surface area contributed by atoms with Gasteiger partial charge >= 0.3 is 6.18 Å². The lowest BCUT2D eigenvalue weighted by Gasteiger charge is -2.36. The number of hydrogen-bond acceptors (Lipinski definition) is 6. The Kier molecular flexibility index (Phi) is 5.89. The second-order valence-electron chi connectivity index (χ2n) is 5.82. The van der Waals surface area contributed by atoms with E-state index < -0.39 is 23.3 Å². The van der Waals surface area contributed by atoms with E-state index in [-0.39, 0.29) is 11.6 Å². The van der Waals surface area contributed by atoms with Gasteiger partial charge in [0.2, 0.25) is 11.6 Å². The number of rotatable bonds is 4. The van der Waals surface area contributed by atoms with Crippen molar-refractivity contribution in [2.45, 2.75) is 13.1 Å². The Labute approximate surface area is 153 Å². The highest BCUT2D eigenvalue weighted by Gasteiger charge is 2.32. The molecular weight excluding hydrogens is 363 g/mol. The van der Waals surface area contributed by atoms with Crippen LogP contribution in [0.5, 0.6) is 0 Å². The molecule has 1 aromatic carbocycles. The van der Waals surface area contributed by atoms with Gasteiger partial charge in [0, 0.05) is 33.1 Å². The van der Waals surface area contributed by atoms with Crippen LogP contribution in [0.25, 0.3) is 0 Å². The molecule has 0 bridgehead atoms. The number of alkyl halides is 3. The van der Waals surface area contributed by atoms with Crippen molar-refractivity contribution in [1.29, 1.82) is 10.7 Å². The molecule has 0 aliphatic carbocycles. The first-order chi connectivity index (χ1) is 12.6. The molecule has 1 aliphatic rings. The van der Waals surface area contributed by atoms with Crippen LogP contribution in [0.2, 0.25) is 0 Å². The first-order valence-electron chi connectivity index (χ1n) is 7.93. The molecule has 11 heteroatoms. The number of amidine groups is 1. The molecule has 4 N–H and O–H groups in total. The van der Waals surface area contributed by atoms with Crippen LogP contribution in [0.4, 0.5) is 24.5 Å². The fourth-order valence-corrected chi connectivity index (χ4v) is 2.60. The molecule has 0 saturated carbocycles. The van der Waals surface area contributed by atoms with E-state index in [4.69, 9.17) is 16.4 Å². The van der Waals surface area contributed by atoms with Gasteiger partial charge < -0.3 is 15.5 Å². The molecule has 2 rings (SSSR count). The Hall–Kier alpha value is -3.29. The zero-order valence-electron chi connectivity index (χ0n) is 14.5. The second-order valence-corrected chi connectivity index (χ2v) is 5.82. The van der Waals surface area contributed by atoms with Gasteiger partial charge in [-0.1, -0.05) is 0 Å². The number of piperazine rings is 1. The van der Waals surface area contributed by atoms with Crippen molar-refractivity contribution in [1.82, 2.24) is 4.90 Å². The number of amides is 1. The highest BCUT2D eigenvalue weighted by molar-refractivity contribution is 6.45. The Morgan fingerprint density at radius 3 is 2.44 bits per heavy atom. The lowest BCUT2D eigenvalue weighted by molar-refractivity contribution is -0.137. The van der Waals surface area contributed by atoms with Crippen molar-refractivity contribution in [2.75, 3.05) is 36.5 Å². The van der Waals surface area contributed by atoms with Crippen LogP contribution < -0.4 is 16.1 Å². The number of hydrazone groups is 1. The van der Waals surface area contributed by atoms with Gasteiger partial charge in [-0.05, 0) is 18.2 Å². The van der Waals surface area contributed by atoms with E-state index in [0.29, 0.717) is 31.9 Å². The normalized spacial score (nSPS) is 15.3. The highest BCUT2D eigenvalue weighted by Crippen LogP contribution is 2.35. The van der Waals surface area contributed by atoms with Crippen molar-refractivity contribution >= 4 is 28.8 Å². The first kappa shape index (κ1) is 20.0. The zero-order valence-corrected chi connectivity index (χ0v) is 14.5. The van der Waals surface area contributed by atoms with E-state index in [2.05, 4.69) is 10.5 Å². The molecule has 1 aliphatic heterocycles. The van der Waals surface area contributed by atoms with E-state index in [9.17, 15) is 18.0 Å². The average Bonchev–Trinajstić information content (AvgIpc) is 2.61. The fraction of sp³-hybridized carbons (Fsp3) is 0.375. The molecule has 0 atom stereocenters. The summed E-state index contributed by atoms with van der Waals surface area (Å²) in [6.07, 6.45) is -4.55. The van der Waals surface area contributed by atoms with Gasteiger partial charge in [0.15, 0.2) is 5.84 Å². The van der Waals surface area contributed by atoms with Crippen molar-refractivity contribution in [3.63, 3.8) is 0 Å². The summed E-state index contributed by atoms with van der Waals surface area (Å²) in [4.78, 5) is 14.9. The van der Waals surface area contributed by atoms with E-state index in [1.54, 1.807) is 11.0 Å². The summed E-state index contributed by atoms with van der Waals surface area (Å²) in [5.74, 6) is -0.668. The number of nitriles is 1. The molecule has 1 aromatic rings. The lowest BCUT2D eigenvalue weighted by atomic mass is 10.1. The summed E-state index contributed by atoms with van der Waals surface area (Å²) in [5.41, 5.74) is 6.75. The Balaban J connectivity index is 2.35. The van der Waals surface area contributed by atoms with Crippen molar-refractivity contribution < 1.29 is 18.0 Å². The molecule has 0 spiro atoms. The van der Waals surface area contributed by atoms with Gasteiger partial charge in [0.1, 0.15) is 6.07 Å². The second kappa shape index (κ2) is 7.94. The predicted molar refractivity (Wildman–Crippen MR) is 94.5 cm³/mol. The molecule has 1 heterocycles. The number of carbonyl (C=O) groups excluding carboxylic acids is 1. The molecule has 144 valence electrons. The Bertz CT molecular complexity index is 805. The fourth-order valence-electron chi connectivity index (χ4n) is 2.60. The number of benzene rings is 1. The highest BCUT2D eigenvalue weighted by atomic mass is 19.4. The van der Waals surface area contributed by atoms with Crippen molar-refractivity contribution in [2.24, 2.45) is 10.8 Å². The number of halogens is 3. The molecule has 1 saturated heterocycles. The maximum absolute atomic E-state index is 13.0. The maximum Gasteiger partial charge on any atom is 0.416 e. The zero-order chi connectivity index (χ0) is 20.2. The number of nitrogens with one attached hydrogen (secondary N) is 2. The van der Waals surface area contributed by atoms with Gasteiger partial charge in [-0.15, -0.1) is 0 Å². The first-order valence-corrected chi connectivity index (χ1v) is 7.93. The van der Waals surface area contributed by atoms with Crippen LogP contribution in [0.3, 0.4) is 0 Å². The molecule has 0 unspecified atom stereocenters. The summed E-state index contributed by atoms with van der Waals surface area (Å²) < 4.78 is 39.1. The van der Waals surface area contributed by atoms with E-state index in [0.717, 1.165) is 12.1 Å². The van der Waals surface area contributed by atoms with E-state index in [1.165, 1.54) is 13.0 Å². The van der Waals surface area contributed by atoms with E-state index in [1.807, 2.05) is 4.90 Å². The summed E-state index contributed by atoms with van der Waals surface area (Å²) in [6, 6.07) is 4.74. The minimum atomic E-state index is -4.55. The van der Waals surface area contributed by atoms with Crippen LogP contribution in [0.1, 0.15) is 12.5 Å². The maximum atomic E-state index is 13.0. The Morgan fingerprint density at radius 2 is 1.96 bits per heavy atom. The van der Waals surface area contributed by atoms with Crippen LogP contribution in [0.15, 0.2) is 23.3 Å². The molecular formula is C16H18F3N7O. The van der Waals surface area contributed by atoms with Crippen LogP contribution in [0, 0.1) is 16.7 Å². The smallest absolute Gasteiger partial charge is 0.382 e. The van der Waals surface area contributed by atoms with Gasteiger partial charge in [-0.3, -0.25) is 15.6 Å². The van der Waals surface area contributed by atoms with E-state index >= 15 is 0 Å². The number of hydrogen-bond donors (Lipinski definition) is 3. The topological polar surface area (TPSA) is 122 Å². The SMILES string of the molecule is CC(=O)N1CCN(c2ccc(C(F)(F)F)cc2N/N=C(\C#N)C(=N)N)CC1. The number of carbonyl (C=O) groups is 1. The summed E-state index contributed by atoms with van der Waals surface area (Å²) in [5, 5.41) is 19.7. The summed E-state index contributed by atoms with van der Waals surface area (Å²) in [7, 11) is 0. The van der Waals surface area contributed by atoms with Crippen LogP contribution >= 0.6 is 0 Å². The third-order valence-corrected chi connectivity index (χ3v) is 4.04. The molecule has 1 amide bonds. The minimum Gasteiger partial charge on any atom is -0.382 e. The quantitative estimate of drug-likeness (QED) is 0.415. The molecule has 27 heavy (non-hydrogen) atoms. The third kappa shape index (κ3) is 4.87. The van der Waals surface area contributed by atoms with Crippen LogP contribution in [-0.4, -0.2) is 48.5 Å². The van der Waals surface area contributed by atoms with Gasteiger partial charge in [0.05, 0.1) is 16.9 Å². The molecule has 8 nitrogen and oxygen atoms in total. The van der Waals surface area contributed by atoms with Crippen molar-refractivity contribution in [3.05, 3.63) is 23.8 Å². The predicted octanol–water partition coefficient (Wildman–Crippen LogP) is 1.60. The standard InChI is InChI=1S/C16H18F3N7O/c1-10(27)25-4-6-26(7-5-25)14-3-2-11(16(17,18)19)8-12(14)23-24-13(9-20)15(21)22/h2-3,8,23H,4-7H2,1H3,(H3,21,22)/b24-13+. The van der Waals surface area contributed by atoms with Crippen LogP contribution in [-0.2, 0) is 11.0 Å². The third-order valence-electron chi connectivity index (χ3n) is 4.04. The molecule has 1 fully saturated rings. The average molecular weight is 381 g/mol. The largest absolute Gasteiger partial charge is 0.416 e. The van der Waals surface area contributed by atoms with Gasteiger partial charge in [-0.2, -0.15) is 23.5 Å². The molecule has 0 aromatic heterocycles. The minimum absolute atomic E-state index is 0.0232. The van der Waals surface area contributed by atoms with Gasteiger partial charge in [0.25, 0.3) is 0 Å².